The van der Waals surface area contributed by atoms with Gasteiger partial charge in [0, 0.05) is 6.07 Å². The molecule has 6 nitrogen and oxygen atoms in total. The van der Waals surface area contributed by atoms with Crippen molar-refractivity contribution in [2.24, 2.45) is 0 Å². The van der Waals surface area contributed by atoms with E-state index in [4.69, 9.17) is 16.9 Å². The lowest BCUT2D eigenvalue weighted by Crippen LogP contribution is -2.15. The van der Waals surface area contributed by atoms with Gasteiger partial charge >= 0.3 is 0 Å². The Kier molecular flexibility index (Phi) is 4.69. The van der Waals surface area contributed by atoms with Gasteiger partial charge in [-0.2, -0.15) is 5.26 Å². The molecule has 1 N–H and O–H groups in total. The van der Waals surface area contributed by atoms with Crippen LogP contribution in [0.5, 0.6) is 0 Å². The molecule has 1 aromatic carbocycles. The number of nitrogens with one attached hydrogen (secondary N) is 1. The SMILES string of the molecule is CC(C)(C)c1cc(Cl)c(NC(=O)CC#N)c([N+](=O)[O-])c1. The van der Waals surface area contributed by atoms with Crippen LogP contribution in [0.15, 0.2) is 12.1 Å². The first-order valence-corrected chi connectivity index (χ1v) is 6.20. The Hall–Kier alpha value is -2.13. The fourth-order valence-corrected chi connectivity index (χ4v) is 1.81. The number of rotatable bonds is 3. The number of nitro benzene ring substituents is 1. The van der Waals surface area contributed by atoms with Gasteiger partial charge in [0.1, 0.15) is 12.1 Å². The van der Waals surface area contributed by atoms with Gasteiger partial charge < -0.3 is 5.32 Å². The maximum atomic E-state index is 11.4. The van der Waals surface area contributed by atoms with E-state index in [-0.39, 0.29) is 21.8 Å². The zero-order valence-corrected chi connectivity index (χ0v) is 12.1. The summed E-state index contributed by atoms with van der Waals surface area (Å²) in [7, 11) is 0. The second-order valence-electron chi connectivity index (χ2n) is 5.24. The average molecular weight is 296 g/mol. The first-order valence-electron chi connectivity index (χ1n) is 5.82. The van der Waals surface area contributed by atoms with E-state index in [0.717, 1.165) is 0 Å². The van der Waals surface area contributed by atoms with Crippen molar-refractivity contribution in [2.75, 3.05) is 5.32 Å². The lowest BCUT2D eigenvalue weighted by molar-refractivity contribution is -0.384. The maximum Gasteiger partial charge on any atom is 0.294 e. The molecule has 0 unspecified atom stereocenters. The van der Waals surface area contributed by atoms with Crippen LogP contribution in [0.1, 0.15) is 32.8 Å². The minimum atomic E-state index is -0.638. The molecule has 0 bridgehead atoms. The Balaban J connectivity index is 3.35. The second-order valence-corrected chi connectivity index (χ2v) is 5.65. The molecule has 0 heterocycles. The molecule has 0 atom stereocenters. The van der Waals surface area contributed by atoms with Crippen molar-refractivity contribution in [3.8, 4) is 6.07 Å². The number of nitro groups is 1. The van der Waals surface area contributed by atoms with Crippen LogP contribution in [0.4, 0.5) is 11.4 Å². The fraction of sp³-hybridized carbons (Fsp3) is 0.385. The van der Waals surface area contributed by atoms with E-state index < -0.39 is 17.3 Å². The molecule has 1 rings (SSSR count). The topological polar surface area (TPSA) is 96.0 Å². The monoisotopic (exact) mass is 295 g/mol. The summed E-state index contributed by atoms with van der Waals surface area (Å²) in [6.07, 6.45) is -0.394. The third-order valence-electron chi connectivity index (χ3n) is 2.64. The normalized spacial score (nSPS) is 10.8. The van der Waals surface area contributed by atoms with Crippen molar-refractivity contribution in [1.29, 1.82) is 5.26 Å². The zero-order valence-electron chi connectivity index (χ0n) is 11.4. The van der Waals surface area contributed by atoms with Crippen molar-refractivity contribution >= 4 is 28.9 Å². The predicted octanol–water partition coefficient (Wildman–Crippen LogP) is 3.40. The summed E-state index contributed by atoms with van der Waals surface area (Å²) in [5.74, 6) is -0.638. The summed E-state index contributed by atoms with van der Waals surface area (Å²) in [6.45, 7) is 5.70. The first kappa shape index (κ1) is 15.9. The van der Waals surface area contributed by atoms with Gasteiger partial charge in [0.2, 0.25) is 5.91 Å². The number of benzene rings is 1. The largest absolute Gasteiger partial charge is 0.318 e. The zero-order chi connectivity index (χ0) is 15.5. The summed E-state index contributed by atoms with van der Waals surface area (Å²) in [5.41, 5.74) is 0.00923. The molecule has 0 aliphatic carbocycles. The van der Waals surface area contributed by atoms with E-state index in [1.165, 1.54) is 6.07 Å². The molecular formula is C13H14ClN3O3. The quantitative estimate of drug-likeness (QED) is 0.682. The van der Waals surface area contributed by atoms with Crippen molar-refractivity contribution in [3.63, 3.8) is 0 Å². The molecule has 20 heavy (non-hydrogen) atoms. The van der Waals surface area contributed by atoms with Gasteiger partial charge in [-0.1, -0.05) is 32.4 Å². The predicted molar refractivity (Wildman–Crippen MR) is 75.7 cm³/mol. The van der Waals surface area contributed by atoms with Gasteiger partial charge in [-0.05, 0) is 17.0 Å². The lowest BCUT2D eigenvalue weighted by Gasteiger charge is -2.20. The van der Waals surface area contributed by atoms with E-state index in [1.54, 1.807) is 12.1 Å². The van der Waals surface area contributed by atoms with Gasteiger partial charge in [-0.25, -0.2) is 0 Å². The van der Waals surface area contributed by atoms with Crippen molar-refractivity contribution in [1.82, 2.24) is 0 Å². The highest BCUT2D eigenvalue weighted by Gasteiger charge is 2.25. The number of carbonyl (C=O) groups is 1. The van der Waals surface area contributed by atoms with Gasteiger partial charge in [0.25, 0.3) is 5.69 Å². The Morgan fingerprint density at radius 3 is 2.55 bits per heavy atom. The molecule has 0 aliphatic heterocycles. The van der Waals surface area contributed by atoms with Crippen LogP contribution in [0, 0.1) is 21.4 Å². The third kappa shape index (κ3) is 3.68. The van der Waals surface area contributed by atoms with Crippen LogP contribution in [-0.4, -0.2) is 10.8 Å². The van der Waals surface area contributed by atoms with E-state index >= 15 is 0 Å². The highest BCUT2D eigenvalue weighted by Crippen LogP contribution is 2.37. The molecule has 0 aromatic heterocycles. The molecule has 1 amide bonds. The summed E-state index contributed by atoms with van der Waals surface area (Å²) in [6, 6.07) is 4.63. The second kappa shape index (κ2) is 5.88. The molecule has 0 fully saturated rings. The number of carbonyl (C=O) groups excluding carboxylic acids is 1. The summed E-state index contributed by atoms with van der Waals surface area (Å²) >= 11 is 6.03. The number of amides is 1. The van der Waals surface area contributed by atoms with Crippen molar-refractivity contribution in [3.05, 3.63) is 32.8 Å². The van der Waals surface area contributed by atoms with E-state index in [1.807, 2.05) is 20.8 Å². The number of hydrogen-bond acceptors (Lipinski definition) is 4. The minimum Gasteiger partial charge on any atom is -0.318 e. The van der Waals surface area contributed by atoms with Gasteiger partial charge in [-0.3, -0.25) is 14.9 Å². The molecule has 0 saturated carbocycles. The molecule has 0 aliphatic rings. The summed E-state index contributed by atoms with van der Waals surface area (Å²) in [4.78, 5) is 21.9. The minimum absolute atomic E-state index is 0.0788. The Bertz CT molecular complexity index is 600. The van der Waals surface area contributed by atoms with Crippen LogP contribution in [0.2, 0.25) is 5.02 Å². The Morgan fingerprint density at radius 2 is 2.10 bits per heavy atom. The van der Waals surface area contributed by atoms with Gasteiger partial charge in [-0.15, -0.1) is 0 Å². The molecule has 1 aromatic rings. The molecular weight excluding hydrogens is 282 g/mol. The van der Waals surface area contributed by atoms with Crippen LogP contribution in [0.3, 0.4) is 0 Å². The summed E-state index contributed by atoms with van der Waals surface area (Å²) in [5, 5.41) is 21.9. The van der Waals surface area contributed by atoms with Crippen LogP contribution < -0.4 is 5.32 Å². The van der Waals surface area contributed by atoms with Crippen LogP contribution in [0.25, 0.3) is 0 Å². The van der Waals surface area contributed by atoms with E-state index in [0.29, 0.717) is 5.56 Å². The van der Waals surface area contributed by atoms with Crippen LogP contribution >= 0.6 is 11.6 Å². The molecule has 7 heteroatoms. The molecule has 0 radical (unpaired) electrons. The highest BCUT2D eigenvalue weighted by atomic mass is 35.5. The smallest absolute Gasteiger partial charge is 0.294 e. The van der Waals surface area contributed by atoms with Crippen molar-refractivity contribution < 1.29 is 9.72 Å². The molecule has 0 spiro atoms. The Morgan fingerprint density at radius 1 is 1.50 bits per heavy atom. The Labute approximate surface area is 121 Å². The van der Waals surface area contributed by atoms with E-state index in [9.17, 15) is 14.9 Å². The van der Waals surface area contributed by atoms with Gasteiger partial charge in [0.15, 0.2) is 0 Å². The number of anilines is 1. The van der Waals surface area contributed by atoms with Gasteiger partial charge in [0.05, 0.1) is 16.0 Å². The third-order valence-corrected chi connectivity index (χ3v) is 2.93. The average Bonchev–Trinajstić information content (AvgIpc) is 2.30. The van der Waals surface area contributed by atoms with Crippen molar-refractivity contribution in [2.45, 2.75) is 32.6 Å². The van der Waals surface area contributed by atoms with Crippen LogP contribution in [-0.2, 0) is 10.2 Å². The molecule has 0 saturated heterocycles. The number of halogens is 1. The first-order chi connectivity index (χ1) is 9.16. The number of nitriles is 1. The molecule has 106 valence electrons. The standard InChI is InChI=1S/C13H14ClN3O3/c1-13(2,3)8-6-9(14)12(10(7-8)17(19)20)16-11(18)4-5-15/h6-7H,4H2,1-3H3,(H,16,18). The lowest BCUT2D eigenvalue weighted by atomic mass is 9.86. The maximum absolute atomic E-state index is 11.4. The highest BCUT2D eigenvalue weighted by molar-refractivity contribution is 6.34. The fourth-order valence-electron chi connectivity index (χ4n) is 1.55. The van der Waals surface area contributed by atoms with E-state index in [2.05, 4.69) is 5.32 Å². The number of hydrogen-bond donors (Lipinski definition) is 1. The number of nitrogens with zero attached hydrogens (tertiary/aromatic N) is 2. The summed E-state index contributed by atoms with van der Waals surface area (Å²) < 4.78 is 0.